The molecule has 0 aliphatic heterocycles. The maximum absolute atomic E-state index is 13.7. The van der Waals surface area contributed by atoms with Gasteiger partial charge in [-0.3, -0.25) is 9.59 Å². The minimum absolute atomic E-state index is 0.0153. The smallest absolute Gasteiger partial charge is 0.345 e. The molecule has 0 fully saturated rings. The number of halogens is 4. The molecule has 156 valence electrons. The lowest BCUT2D eigenvalue weighted by atomic mass is 10.1. The summed E-state index contributed by atoms with van der Waals surface area (Å²) in [5, 5.41) is 6.48. The molecule has 0 aliphatic carbocycles. The molecule has 5 nitrogen and oxygen atoms in total. The third-order valence-corrected chi connectivity index (χ3v) is 4.54. The van der Waals surface area contributed by atoms with E-state index in [4.69, 9.17) is 0 Å². The first-order valence-electron chi connectivity index (χ1n) is 8.89. The highest BCUT2D eigenvalue weighted by Crippen LogP contribution is 2.31. The lowest BCUT2D eigenvalue weighted by Crippen LogP contribution is -2.31. The third kappa shape index (κ3) is 4.24. The number of alkyl halides is 3. The molecular weight excluding hydrogens is 402 g/mol. The van der Waals surface area contributed by atoms with Gasteiger partial charge in [-0.15, -0.1) is 0 Å². The minimum atomic E-state index is -4.53. The van der Waals surface area contributed by atoms with Gasteiger partial charge in [0.05, 0.1) is 28.2 Å². The fourth-order valence-corrected chi connectivity index (χ4v) is 3.05. The van der Waals surface area contributed by atoms with Gasteiger partial charge < -0.3 is 5.32 Å². The standard InChI is InChI=1S/C21H17F4N3O2/c1-12-18(19(29)20(30)26-11-14-6-3-4-9-17(14)22)13(2)28(27-12)16-8-5-7-15(10-16)21(23,24)25/h3-10H,11H2,1-2H3,(H,26,30). The monoisotopic (exact) mass is 419 g/mol. The number of carbonyl (C=O) groups excluding carboxylic acids is 2. The summed E-state index contributed by atoms with van der Waals surface area (Å²) in [6.45, 7) is 2.78. The van der Waals surface area contributed by atoms with Crippen LogP contribution in [0.5, 0.6) is 0 Å². The molecule has 0 saturated heterocycles. The van der Waals surface area contributed by atoms with E-state index in [0.717, 1.165) is 12.1 Å². The third-order valence-electron chi connectivity index (χ3n) is 4.54. The van der Waals surface area contributed by atoms with E-state index < -0.39 is 29.2 Å². The van der Waals surface area contributed by atoms with Gasteiger partial charge in [-0.1, -0.05) is 24.3 Å². The molecule has 0 atom stereocenters. The van der Waals surface area contributed by atoms with Crippen molar-refractivity contribution in [3.05, 3.63) is 82.4 Å². The van der Waals surface area contributed by atoms with E-state index in [-0.39, 0.29) is 34.7 Å². The molecule has 1 heterocycles. The van der Waals surface area contributed by atoms with Gasteiger partial charge in [0.1, 0.15) is 5.82 Å². The second-order valence-electron chi connectivity index (χ2n) is 6.61. The first kappa shape index (κ1) is 21.2. The van der Waals surface area contributed by atoms with Crippen molar-refractivity contribution in [2.24, 2.45) is 0 Å². The normalized spacial score (nSPS) is 11.4. The number of nitrogens with one attached hydrogen (secondary N) is 1. The highest BCUT2D eigenvalue weighted by atomic mass is 19.4. The van der Waals surface area contributed by atoms with Crippen molar-refractivity contribution in [2.75, 3.05) is 0 Å². The number of amides is 1. The van der Waals surface area contributed by atoms with Crippen LogP contribution in [0.1, 0.15) is 32.9 Å². The van der Waals surface area contributed by atoms with Crippen molar-refractivity contribution in [3.8, 4) is 5.69 Å². The van der Waals surface area contributed by atoms with Crippen LogP contribution >= 0.6 is 0 Å². The summed E-state index contributed by atoms with van der Waals surface area (Å²) >= 11 is 0. The highest BCUT2D eigenvalue weighted by molar-refractivity contribution is 6.43. The number of benzene rings is 2. The van der Waals surface area contributed by atoms with Gasteiger partial charge in [0.25, 0.3) is 11.7 Å². The van der Waals surface area contributed by atoms with E-state index in [1.165, 1.54) is 48.9 Å². The molecule has 1 N–H and O–H groups in total. The number of rotatable bonds is 5. The predicted octanol–water partition coefficient (Wildman–Crippen LogP) is 4.15. The predicted molar refractivity (Wildman–Crippen MR) is 101 cm³/mol. The summed E-state index contributed by atoms with van der Waals surface area (Å²) in [5.74, 6) is -2.39. The molecule has 9 heteroatoms. The number of hydrogen-bond acceptors (Lipinski definition) is 3. The summed E-state index contributed by atoms with van der Waals surface area (Å²) in [4.78, 5) is 24.9. The summed E-state index contributed by atoms with van der Waals surface area (Å²) in [5.41, 5.74) is -0.140. The number of hydrogen-bond donors (Lipinski definition) is 1. The Morgan fingerprint density at radius 3 is 2.43 bits per heavy atom. The van der Waals surface area contributed by atoms with Crippen molar-refractivity contribution in [1.82, 2.24) is 15.1 Å². The maximum Gasteiger partial charge on any atom is 0.416 e. The minimum Gasteiger partial charge on any atom is -0.345 e. The van der Waals surface area contributed by atoms with Crippen LogP contribution in [0.25, 0.3) is 5.69 Å². The Morgan fingerprint density at radius 1 is 1.07 bits per heavy atom. The SMILES string of the molecule is Cc1nn(-c2cccc(C(F)(F)F)c2)c(C)c1C(=O)C(=O)NCc1ccccc1F. The second-order valence-corrected chi connectivity index (χ2v) is 6.61. The van der Waals surface area contributed by atoms with Gasteiger partial charge in [0.2, 0.25) is 0 Å². The Kier molecular flexibility index (Phi) is 5.73. The van der Waals surface area contributed by atoms with Crippen LogP contribution in [-0.2, 0) is 17.5 Å². The zero-order chi connectivity index (χ0) is 22.1. The lowest BCUT2D eigenvalue weighted by molar-refractivity contribution is -0.137. The molecule has 0 radical (unpaired) electrons. The van der Waals surface area contributed by atoms with Crippen LogP contribution < -0.4 is 5.32 Å². The largest absolute Gasteiger partial charge is 0.416 e. The second kappa shape index (κ2) is 8.10. The fraction of sp³-hybridized carbons (Fsp3) is 0.190. The number of aryl methyl sites for hydroxylation is 1. The van der Waals surface area contributed by atoms with Gasteiger partial charge in [-0.2, -0.15) is 18.3 Å². The molecule has 0 bridgehead atoms. The number of Topliss-reactive ketones (excluding diaryl/α,β-unsaturated/α-hetero) is 1. The van der Waals surface area contributed by atoms with Gasteiger partial charge in [-0.25, -0.2) is 9.07 Å². The summed E-state index contributed by atoms with van der Waals surface area (Å²) in [7, 11) is 0. The van der Waals surface area contributed by atoms with Gasteiger partial charge in [0, 0.05) is 12.1 Å². The topological polar surface area (TPSA) is 64.0 Å². The van der Waals surface area contributed by atoms with E-state index >= 15 is 0 Å². The van der Waals surface area contributed by atoms with E-state index in [9.17, 15) is 27.2 Å². The quantitative estimate of drug-likeness (QED) is 0.384. The molecule has 3 aromatic rings. The number of aromatic nitrogens is 2. The summed E-state index contributed by atoms with van der Waals surface area (Å²) < 4.78 is 53.8. The first-order valence-corrected chi connectivity index (χ1v) is 8.89. The molecule has 0 unspecified atom stereocenters. The maximum atomic E-state index is 13.7. The van der Waals surface area contributed by atoms with Crippen LogP contribution in [-0.4, -0.2) is 21.5 Å². The van der Waals surface area contributed by atoms with Crippen molar-refractivity contribution >= 4 is 11.7 Å². The van der Waals surface area contributed by atoms with E-state index in [2.05, 4.69) is 10.4 Å². The molecule has 0 spiro atoms. The Morgan fingerprint density at radius 2 is 1.77 bits per heavy atom. The van der Waals surface area contributed by atoms with Crippen LogP contribution in [0.4, 0.5) is 17.6 Å². The molecule has 3 rings (SSSR count). The van der Waals surface area contributed by atoms with Crippen molar-refractivity contribution in [1.29, 1.82) is 0 Å². The summed E-state index contributed by atoms with van der Waals surface area (Å²) in [6, 6.07) is 10.3. The molecule has 30 heavy (non-hydrogen) atoms. The fourth-order valence-electron chi connectivity index (χ4n) is 3.05. The van der Waals surface area contributed by atoms with Gasteiger partial charge in [-0.05, 0) is 38.1 Å². The van der Waals surface area contributed by atoms with Gasteiger partial charge in [0.15, 0.2) is 0 Å². The number of ketones is 1. The van der Waals surface area contributed by atoms with Crippen molar-refractivity contribution in [3.63, 3.8) is 0 Å². The van der Waals surface area contributed by atoms with Crippen molar-refractivity contribution in [2.45, 2.75) is 26.6 Å². The van der Waals surface area contributed by atoms with Crippen LogP contribution in [0.2, 0.25) is 0 Å². The average molecular weight is 419 g/mol. The summed E-state index contributed by atoms with van der Waals surface area (Å²) in [6.07, 6.45) is -4.53. The van der Waals surface area contributed by atoms with E-state index in [1.54, 1.807) is 6.07 Å². The Bertz CT molecular complexity index is 1120. The number of carbonyl (C=O) groups is 2. The average Bonchev–Trinajstić information content (AvgIpc) is 3.00. The van der Waals surface area contributed by atoms with E-state index in [0.29, 0.717) is 0 Å². The zero-order valence-electron chi connectivity index (χ0n) is 16.0. The lowest BCUT2D eigenvalue weighted by Gasteiger charge is -2.10. The molecule has 1 aromatic heterocycles. The highest BCUT2D eigenvalue weighted by Gasteiger charge is 2.31. The van der Waals surface area contributed by atoms with Gasteiger partial charge >= 0.3 is 6.18 Å². The molecule has 0 saturated carbocycles. The zero-order valence-corrected chi connectivity index (χ0v) is 16.0. The van der Waals surface area contributed by atoms with Crippen LogP contribution in [0.3, 0.4) is 0 Å². The number of nitrogens with zero attached hydrogens (tertiary/aromatic N) is 2. The van der Waals surface area contributed by atoms with Crippen molar-refractivity contribution < 1.29 is 27.2 Å². The Hall–Kier alpha value is -3.49. The Balaban J connectivity index is 1.85. The van der Waals surface area contributed by atoms with Crippen LogP contribution in [0, 0.1) is 19.7 Å². The molecular formula is C21H17F4N3O2. The van der Waals surface area contributed by atoms with Crippen LogP contribution in [0.15, 0.2) is 48.5 Å². The molecule has 1 amide bonds. The first-order chi connectivity index (χ1) is 14.1. The Labute approximate surface area is 169 Å². The van der Waals surface area contributed by atoms with E-state index in [1.807, 2.05) is 0 Å². The molecule has 0 aliphatic rings. The molecule has 2 aromatic carbocycles.